The maximum atomic E-state index is 11.9. The van der Waals surface area contributed by atoms with E-state index in [9.17, 15) is 4.79 Å². The van der Waals surface area contributed by atoms with Gasteiger partial charge in [0.2, 0.25) is 5.91 Å². The van der Waals surface area contributed by atoms with E-state index in [-0.39, 0.29) is 5.91 Å². The van der Waals surface area contributed by atoms with Gasteiger partial charge in [-0.25, -0.2) is 0 Å². The highest BCUT2D eigenvalue weighted by molar-refractivity contribution is 5.82. The van der Waals surface area contributed by atoms with E-state index in [4.69, 9.17) is 0 Å². The van der Waals surface area contributed by atoms with Crippen molar-refractivity contribution in [1.29, 1.82) is 0 Å². The second kappa shape index (κ2) is 5.09. The normalized spacial score (nSPS) is 19.9. The van der Waals surface area contributed by atoms with E-state index in [1.165, 1.54) is 18.4 Å². The zero-order valence-corrected chi connectivity index (χ0v) is 12.5. The first-order valence-corrected chi connectivity index (χ1v) is 7.31. The van der Waals surface area contributed by atoms with Crippen LogP contribution in [0.5, 0.6) is 0 Å². The van der Waals surface area contributed by atoms with Crippen molar-refractivity contribution in [3.8, 4) is 0 Å². The van der Waals surface area contributed by atoms with Crippen LogP contribution in [0.25, 0.3) is 0 Å². The summed E-state index contributed by atoms with van der Waals surface area (Å²) >= 11 is 0. The van der Waals surface area contributed by atoms with E-state index < -0.39 is 0 Å². The van der Waals surface area contributed by atoms with Crippen molar-refractivity contribution in [3.05, 3.63) is 11.3 Å². The molecule has 0 atom stereocenters. The maximum absolute atomic E-state index is 11.9. The van der Waals surface area contributed by atoms with E-state index >= 15 is 0 Å². The van der Waals surface area contributed by atoms with Gasteiger partial charge in [0.15, 0.2) is 0 Å². The molecule has 20 heavy (non-hydrogen) atoms. The zero-order valence-electron chi connectivity index (χ0n) is 12.5. The number of hydrogen-bond donors (Lipinski definition) is 1. The molecule has 0 unspecified atom stereocenters. The molecule has 1 aliphatic heterocycles. The molecule has 2 aliphatic rings. The van der Waals surface area contributed by atoms with Gasteiger partial charge in [-0.2, -0.15) is 5.10 Å². The Bertz CT molecular complexity index is 520. The van der Waals surface area contributed by atoms with Crippen molar-refractivity contribution in [2.75, 3.05) is 31.6 Å². The summed E-state index contributed by atoms with van der Waals surface area (Å²) in [4.78, 5) is 15.9. The molecule has 0 spiro atoms. The number of rotatable bonds is 4. The molecule has 2 fully saturated rings. The molecule has 1 aromatic heterocycles. The average Bonchev–Trinajstić information content (AvgIpc) is 3.17. The van der Waals surface area contributed by atoms with Crippen molar-refractivity contribution < 1.29 is 4.79 Å². The SMILES string of the molecule is Cc1nn(C)c(N2CCN(C)C(=O)C2)c1CNC1CC1. The highest BCUT2D eigenvalue weighted by atomic mass is 16.2. The first kappa shape index (κ1) is 13.4. The second-order valence-corrected chi connectivity index (χ2v) is 5.90. The van der Waals surface area contributed by atoms with Crippen molar-refractivity contribution in [3.63, 3.8) is 0 Å². The summed E-state index contributed by atoms with van der Waals surface area (Å²) in [5, 5.41) is 8.09. The monoisotopic (exact) mass is 277 g/mol. The third-order valence-corrected chi connectivity index (χ3v) is 4.21. The molecule has 1 amide bonds. The Kier molecular flexibility index (Phi) is 3.41. The van der Waals surface area contributed by atoms with Crippen molar-refractivity contribution in [2.45, 2.75) is 32.4 Å². The summed E-state index contributed by atoms with van der Waals surface area (Å²) in [7, 11) is 3.83. The van der Waals surface area contributed by atoms with Crippen LogP contribution in [0.4, 0.5) is 5.82 Å². The molecule has 6 heteroatoms. The van der Waals surface area contributed by atoms with Crippen LogP contribution in [0.3, 0.4) is 0 Å². The van der Waals surface area contributed by atoms with E-state index in [1.54, 1.807) is 4.90 Å². The summed E-state index contributed by atoms with van der Waals surface area (Å²) in [5.74, 6) is 1.27. The van der Waals surface area contributed by atoms with Gasteiger partial charge in [-0.15, -0.1) is 0 Å². The Hall–Kier alpha value is -1.56. The molecule has 2 heterocycles. The quantitative estimate of drug-likeness (QED) is 0.858. The Labute approximate surface area is 119 Å². The van der Waals surface area contributed by atoms with Gasteiger partial charge >= 0.3 is 0 Å². The van der Waals surface area contributed by atoms with Crippen LogP contribution in [0.15, 0.2) is 0 Å². The molecule has 1 N–H and O–H groups in total. The lowest BCUT2D eigenvalue weighted by molar-refractivity contribution is -0.129. The topological polar surface area (TPSA) is 53.4 Å². The minimum absolute atomic E-state index is 0.177. The molecule has 1 saturated carbocycles. The summed E-state index contributed by atoms with van der Waals surface area (Å²) in [6, 6.07) is 0.677. The number of aryl methyl sites for hydroxylation is 2. The standard InChI is InChI=1S/C14H23N5O/c1-10-12(8-15-11-4-5-11)14(18(3)16-10)19-7-6-17(2)13(20)9-19/h11,15H,4-9H2,1-3H3. The fourth-order valence-corrected chi connectivity index (χ4v) is 2.77. The van der Waals surface area contributed by atoms with Crippen molar-refractivity contribution in [2.24, 2.45) is 7.05 Å². The molecule has 1 aromatic rings. The van der Waals surface area contributed by atoms with Gasteiger partial charge < -0.3 is 15.1 Å². The number of hydrogen-bond acceptors (Lipinski definition) is 4. The Morgan fingerprint density at radius 1 is 1.30 bits per heavy atom. The first-order chi connectivity index (χ1) is 9.56. The predicted octanol–water partition coefficient (Wildman–Crippen LogP) is 0.259. The van der Waals surface area contributed by atoms with Crippen LogP contribution in [0.2, 0.25) is 0 Å². The lowest BCUT2D eigenvalue weighted by Gasteiger charge is -2.34. The van der Waals surface area contributed by atoms with E-state index in [2.05, 4.69) is 15.3 Å². The molecule has 3 rings (SSSR count). The summed E-state index contributed by atoms with van der Waals surface area (Å²) in [6.45, 7) is 4.99. The fraction of sp³-hybridized carbons (Fsp3) is 0.714. The lowest BCUT2D eigenvalue weighted by atomic mass is 10.2. The number of nitrogens with zero attached hydrogens (tertiary/aromatic N) is 4. The summed E-state index contributed by atoms with van der Waals surface area (Å²) < 4.78 is 1.91. The highest BCUT2D eigenvalue weighted by Gasteiger charge is 2.27. The van der Waals surface area contributed by atoms with Crippen LogP contribution in [0.1, 0.15) is 24.1 Å². The molecule has 0 radical (unpaired) electrons. The van der Waals surface area contributed by atoms with Gasteiger partial charge in [0.05, 0.1) is 12.2 Å². The average molecular weight is 277 g/mol. The van der Waals surface area contributed by atoms with Crippen LogP contribution in [0, 0.1) is 6.92 Å². The molecule has 1 aliphatic carbocycles. The van der Waals surface area contributed by atoms with E-state index in [0.717, 1.165) is 31.1 Å². The maximum Gasteiger partial charge on any atom is 0.241 e. The number of anilines is 1. The van der Waals surface area contributed by atoms with E-state index in [1.807, 2.05) is 25.7 Å². The second-order valence-electron chi connectivity index (χ2n) is 5.90. The number of piperazine rings is 1. The number of amides is 1. The van der Waals surface area contributed by atoms with Crippen LogP contribution >= 0.6 is 0 Å². The van der Waals surface area contributed by atoms with Crippen molar-refractivity contribution in [1.82, 2.24) is 20.0 Å². The van der Waals surface area contributed by atoms with Gasteiger partial charge in [0.1, 0.15) is 5.82 Å². The van der Waals surface area contributed by atoms with Gasteiger partial charge in [-0.3, -0.25) is 9.48 Å². The molecule has 6 nitrogen and oxygen atoms in total. The molecule has 1 saturated heterocycles. The fourth-order valence-electron chi connectivity index (χ4n) is 2.77. The number of carbonyl (C=O) groups excluding carboxylic acids is 1. The number of carbonyl (C=O) groups is 1. The molecular formula is C14H23N5O. The smallest absolute Gasteiger partial charge is 0.241 e. The summed E-state index contributed by atoms with van der Waals surface area (Å²) in [5.41, 5.74) is 2.29. The van der Waals surface area contributed by atoms with Gasteiger partial charge in [-0.05, 0) is 19.8 Å². The van der Waals surface area contributed by atoms with Crippen LogP contribution in [-0.2, 0) is 18.4 Å². The highest BCUT2D eigenvalue weighted by Crippen LogP contribution is 2.26. The molecule has 0 bridgehead atoms. The zero-order chi connectivity index (χ0) is 14.3. The Morgan fingerprint density at radius 2 is 2.05 bits per heavy atom. The number of likely N-dealkylation sites (N-methyl/N-ethyl adjacent to an activating group) is 1. The minimum atomic E-state index is 0.177. The Morgan fingerprint density at radius 3 is 2.70 bits per heavy atom. The van der Waals surface area contributed by atoms with Crippen LogP contribution < -0.4 is 10.2 Å². The van der Waals surface area contributed by atoms with Crippen molar-refractivity contribution >= 4 is 11.7 Å². The number of aromatic nitrogens is 2. The summed E-state index contributed by atoms with van der Waals surface area (Å²) in [6.07, 6.45) is 2.56. The first-order valence-electron chi connectivity index (χ1n) is 7.31. The lowest BCUT2D eigenvalue weighted by Crippen LogP contribution is -2.49. The van der Waals surface area contributed by atoms with Gasteiger partial charge in [-0.1, -0.05) is 0 Å². The predicted molar refractivity (Wildman–Crippen MR) is 77.7 cm³/mol. The Balaban J connectivity index is 1.81. The van der Waals surface area contributed by atoms with E-state index in [0.29, 0.717) is 12.6 Å². The third-order valence-electron chi connectivity index (χ3n) is 4.21. The number of nitrogens with one attached hydrogen (secondary N) is 1. The van der Waals surface area contributed by atoms with Gasteiger partial charge in [0, 0.05) is 45.3 Å². The minimum Gasteiger partial charge on any atom is -0.345 e. The third kappa shape index (κ3) is 2.52. The molecule has 0 aromatic carbocycles. The molecule has 110 valence electrons. The largest absolute Gasteiger partial charge is 0.345 e. The molecular weight excluding hydrogens is 254 g/mol. The van der Waals surface area contributed by atoms with Crippen LogP contribution in [-0.4, -0.2) is 53.3 Å². The van der Waals surface area contributed by atoms with Gasteiger partial charge in [0.25, 0.3) is 0 Å².